The molecule has 0 atom stereocenters. The van der Waals surface area contributed by atoms with E-state index in [4.69, 9.17) is 4.42 Å². The average molecular weight is 431 g/mol. The summed E-state index contributed by atoms with van der Waals surface area (Å²) in [5.41, 5.74) is 1.21. The van der Waals surface area contributed by atoms with Crippen molar-refractivity contribution in [2.75, 3.05) is 27.2 Å². The SMILES string of the molecule is Cc1csc(=NC(=O)c2ccc(F)cc2)n1Cc1ccc(C(=O)NCCN(C)C)o1. The summed E-state index contributed by atoms with van der Waals surface area (Å²) in [6, 6.07) is 8.62. The van der Waals surface area contributed by atoms with Gasteiger partial charge in [0.05, 0.1) is 6.54 Å². The Hall–Kier alpha value is -3.04. The van der Waals surface area contributed by atoms with Gasteiger partial charge in [0.25, 0.3) is 11.8 Å². The van der Waals surface area contributed by atoms with Crippen molar-refractivity contribution in [2.45, 2.75) is 13.5 Å². The Kier molecular flexibility index (Phi) is 6.96. The van der Waals surface area contributed by atoms with Crippen molar-refractivity contribution in [1.29, 1.82) is 0 Å². The number of rotatable bonds is 7. The van der Waals surface area contributed by atoms with Gasteiger partial charge in [0.1, 0.15) is 11.6 Å². The molecule has 0 saturated carbocycles. The van der Waals surface area contributed by atoms with Crippen LogP contribution in [0.2, 0.25) is 0 Å². The minimum absolute atomic E-state index is 0.234. The molecule has 2 heterocycles. The van der Waals surface area contributed by atoms with E-state index in [1.807, 2.05) is 35.9 Å². The number of carbonyl (C=O) groups is 2. The van der Waals surface area contributed by atoms with Crippen LogP contribution in [0.25, 0.3) is 0 Å². The second-order valence-electron chi connectivity index (χ2n) is 6.99. The molecule has 1 aromatic carbocycles. The minimum atomic E-state index is -0.453. The molecule has 0 saturated heterocycles. The molecule has 1 N–H and O–H groups in total. The quantitative estimate of drug-likeness (QED) is 0.625. The summed E-state index contributed by atoms with van der Waals surface area (Å²) >= 11 is 1.32. The molecule has 3 aromatic rings. The first-order chi connectivity index (χ1) is 14.3. The van der Waals surface area contributed by atoms with Crippen LogP contribution in [0.1, 0.15) is 32.4 Å². The smallest absolute Gasteiger partial charge is 0.287 e. The maximum atomic E-state index is 13.1. The largest absolute Gasteiger partial charge is 0.454 e. The van der Waals surface area contributed by atoms with Gasteiger partial charge >= 0.3 is 0 Å². The highest BCUT2D eigenvalue weighted by Crippen LogP contribution is 2.12. The predicted molar refractivity (Wildman–Crippen MR) is 112 cm³/mol. The average Bonchev–Trinajstić information content (AvgIpc) is 3.30. The van der Waals surface area contributed by atoms with Crippen molar-refractivity contribution in [1.82, 2.24) is 14.8 Å². The van der Waals surface area contributed by atoms with Crippen molar-refractivity contribution in [2.24, 2.45) is 4.99 Å². The van der Waals surface area contributed by atoms with Gasteiger partial charge in [0.15, 0.2) is 10.6 Å². The zero-order chi connectivity index (χ0) is 21.7. The van der Waals surface area contributed by atoms with Gasteiger partial charge in [-0.15, -0.1) is 11.3 Å². The highest BCUT2D eigenvalue weighted by molar-refractivity contribution is 7.07. The summed E-state index contributed by atoms with van der Waals surface area (Å²) in [5, 5.41) is 4.69. The summed E-state index contributed by atoms with van der Waals surface area (Å²) in [6.07, 6.45) is 0. The van der Waals surface area contributed by atoms with Gasteiger partial charge in [0, 0.05) is 29.7 Å². The molecule has 2 amide bonds. The summed E-state index contributed by atoms with van der Waals surface area (Å²) in [7, 11) is 3.86. The standard InChI is InChI=1S/C21H23FN4O3S/c1-14-13-30-21(24-19(27)15-4-6-16(22)7-5-15)26(14)12-17-8-9-18(29-17)20(28)23-10-11-25(2)3/h4-9,13H,10-12H2,1-3H3,(H,23,28). The summed E-state index contributed by atoms with van der Waals surface area (Å²) in [5.74, 6) is -0.325. The first-order valence-electron chi connectivity index (χ1n) is 9.34. The van der Waals surface area contributed by atoms with Crippen molar-refractivity contribution < 1.29 is 18.4 Å². The van der Waals surface area contributed by atoms with E-state index in [0.29, 0.717) is 29.2 Å². The number of amides is 2. The Morgan fingerprint density at radius 1 is 1.20 bits per heavy atom. The van der Waals surface area contributed by atoms with Gasteiger partial charge in [-0.2, -0.15) is 4.99 Å². The summed E-state index contributed by atoms with van der Waals surface area (Å²) < 4.78 is 20.6. The number of hydrogen-bond acceptors (Lipinski definition) is 5. The molecule has 0 unspecified atom stereocenters. The number of carbonyl (C=O) groups excluding carboxylic acids is 2. The van der Waals surface area contributed by atoms with E-state index in [1.54, 1.807) is 12.1 Å². The molecular formula is C21H23FN4O3S. The number of thiazole rings is 1. The molecule has 0 radical (unpaired) electrons. The van der Waals surface area contributed by atoms with Gasteiger partial charge in [0.2, 0.25) is 0 Å². The molecule has 30 heavy (non-hydrogen) atoms. The van der Waals surface area contributed by atoms with Gasteiger partial charge in [-0.1, -0.05) is 0 Å². The lowest BCUT2D eigenvalue weighted by atomic mass is 10.2. The number of aromatic nitrogens is 1. The molecule has 0 bridgehead atoms. The fourth-order valence-electron chi connectivity index (χ4n) is 2.66. The monoisotopic (exact) mass is 430 g/mol. The number of halogens is 1. The van der Waals surface area contributed by atoms with E-state index in [-0.39, 0.29) is 11.7 Å². The number of benzene rings is 1. The van der Waals surface area contributed by atoms with E-state index in [1.165, 1.54) is 35.6 Å². The van der Waals surface area contributed by atoms with Crippen molar-refractivity contribution in [3.05, 3.63) is 75.2 Å². The minimum Gasteiger partial charge on any atom is -0.454 e. The van der Waals surface area contributed by atoms with Crippen LogP contribution in [0.5, 0.6) is 0 Å². The van der Waals surface area contributed by atoms with Gasteiger partial charge in [-0.3, -0.25) is 9.59 Å². The van der Waals surface area contributed by atoms with Crippen LogP contribution in [-0.4, -0.2) is 48.5 Å². The first kappa shape index (κ1) is 21.7. The van der Waals surface area contributed by atoms with Crippen molar-refractivity contribution >= 4 is 23.2 Å². The fourth-order valence-corrected chi connectivity index (χ4v) is 3.53. The zero-order valence-electron chi connectivity index (χ0n) is 17.0. The maximum absolute atomic E-state index is 13.1. The van der Waals surface area contributed by atoms with Crippen LogP contribution in [-0.2, 0) is 6.54 Å². The van der Waals surface area contributed by atoms with Gasteiger partial charge in [-0.25, -0.2) is 4.39 Å². The van der Waals surface area contributed by atoms with Gasteiger partial charge in [-0.05, 0) is 57.4 Å². The Morgan fingerprint density at radius 2 is 1.93 bits per heavy atom. The van der Waals surface area contributed by atoms with Crippen LogP contribution in [0, 0.1) is 12.7 Å². The number of furan rings is 1. The normalized spacial score (nSPS) is 11.8. The second kappa shape index (κ2) is 9.64. The molecule has 0 aliphatic heterocycles. The number of likely N-dealkylation sites (N-methyl/N-ethyl adjacent to an activating group) is 1. The molecule has 2 aromatic heterocycles. The molecule has 0 fully saturated rings. The Bertz CT molecular complexity index is 1100. The number of nitrogens with one attached hydrogen (secondary N) is 1. The fraction of sp³-hybridized carbons (Fsp3) is 0.286. The maximum Gasteiger partial charge on any atom is 0.287 e. The third-order valence-electron chi connectivity index (χ3n) is 4.32. The number of aryl methyl sites for hydroxylation is 1. The van der Waals surface area contributed by atoms with Crippen molar-refractivity contribution in [3.63, 3.8) is 0 Å². The van der Waals surface area contributed by atoms with Crippen LogP contribution in [0.4, 0.5) is 4.39 Å². The zero-order valence-corrected chi connectivity index (χ0v) is 17.8. The molecular weight excluding hydrogens is 407 g/mol. The lowest BCUT2D eigenvalue weighted by molar-refractivity contribution is 0.0921. The van der Waals surface area contributed by atoms with E-state index < -0.39 is 11.7 Å². The van der Waals surface area contributed by atoms with Gasteiger partial charge < -0.3 is 19.2 Å². The van der Waals surface area contributed by atoms with Crippen LogP contribution >= 0.6 is 11.3 Å². The lowest BCUT2D eigenvalue weighted by Gasteiger charge is -2.09. The van der Waals surface area contributed by atoms with E-state index >= 15 is 0 Å². The van der Waals surface area contributed by atoms with E-state index in [2.05, 4.69) is 10.3 Å². The third-order valence-corrected chi connectivity index (χ3v) is 5.31. The highest BCUT2D eigenvalue weighted by Gasteiger charge is 2.13. The Balaban J connectivity index is 1.74. The third kappa shape index (κ3) is 5.52. The predicted octanol–water partition coefficient (Wildman–Crippen LogP) is 2.67. The first-order valence-corrected chi connectivity index (χ1v) is 10.2. The molecule has 0 aliphatic carbocycles. The molecule has 7 nitrogen and oxygen atoms in total. The Morgan fingerprint density at radius 3 is 2.63 bits per heavy atom. The van der Waals surface area contributed by atoms with Crippen LogP contribution < -0.4 is 10.1 Å². The molecule has 0 spiro atoms. The molecule has 9 heteroatoms. The summed E-state index contributed by atoms with van der Waals surface area (Å²) in [4.78, 5) is 31.2. The van der Waals surface area contributed by atoms with E-state index in [0.717, 1.165) is 12.2 Å². The Labute approximate surface area is 177 Å². The summed E-state index contributed by atoms with van der Waals surface area (Å²) in [6.45, 7) is 3.48. The lowest BCUT2D eigenvalue weighted by Crippen LogP contribution is -2.31. The second-order valence-corrected chi connectivity index (χ2v) is 7.83. The number of hydrogen-bond donors (Lipinski definition) is 1. The van der Waals surface area contributed by atoms with Crippen molar-refractivity contribution in [3.8, 4) is 0 Å². The molecule has 0 aliphatic rings. The topological polar surface area (TPSA) is 79.8 Å². The number of nitrogens with zero attached hydrogens (tertiary/aromatic N) is 3. The molecule has 3 rings (SSSR count). The highest BCUT2D eigenvalue weighted by atomic mass is 32.1. The molecule has 158 valence electrons. The van der Waals surface area contributed by atoms with E-state index in [9.17, 15) is 14.0 Å². The van der Waals surface area contributed by atoms with Crippen LogP contribution in [0.15, 0.2) is 51.2 Å². The van der Waals surface area contributed by atoms with Crippen LogP contribution in [0.3, 0.4) is 0 Å².